The summed E-state index contributed by atoms with van der Waals surface area (Å²) >= 11 is 0. The van der Waals surface area contributed by atoms with Crippen LogP contribution in [0.15, 0.2) is 41.7 Å². The van der Waals surface area contributed by atoms with E-state index in [-0.39, 0.29) is 0 Å². The average Bonchev–Trinajstić information content (AvgIpc) is 2.85. The standard InChI is InChI=1S/C13H11N7/c14-8-11-9-18-20(13(11)15)12-5-3-10(4-6-12)2-1-7-17-19-16/h1-6,9H,7,15H2. The summed E-state index contributed by atoms with van der Waals surface area (Å²) in [6, 6.07) is 9.44. The summed E-state index contributed by atoms with van der Waals surface area (Å²) in [6.45, 7) is 0.315. The molecule has 0 amide bonds. The molecule has 0 aliphatic heterocycles. The summed E-state index contributed by atoms with van der Waals surface area (Å²) < 4.78 is 1.51. The highest BCUT2D eigenvalue weighted by atomic mass is 15.3. The Labute approximate surface area is 115 Å². The van der Waals surface area contributed by atoms with Gasteiger partial charge in [0, 0.05) is 11.5 Å². The van der Waals surface area contributed by atoms with E-state index in [0.29, 0.717) is 17.9 Å². The summed E-state index contributed by atoms with van der Waals surface area (Å²) in [6.07, 6.45) is 5.05. The highest BCUT2D eigenvalue weighted by Gasteiger charge is 2.07. The van der Waals surface area contributed by atoms with Crippen LogP contribution in [-0.2, 0) is 0 Å². The van der Waals surface area contributed by atoms with E-state index in [9.17, 15) is 0 Å². The van der Waals surface area contributed by atoms with Crippen LogP contribution in [0.4, 0.5) is 5.82 Å². The van der Waals surface area contributed by atoms with Gasteiger partial charge in [-0.2, -0.15) is 10.4 Å². The number of nitrogens with two attached hydrogens (primary N) is 1. The molecule has 2 aromatic rings. The van der Waals surface area contributed by atoms with Gasteiger partial charge in [-0.05, 0) is 23.2 Å². The quantitative estimate of drug-likeness (QED) is 0.520. The molecule has 0 atom stereocenters. The van der Waals surface area contributed by atoms with Gasteiger partial charge >= 0.3 is 0 Å². The third kappa shape index (κ3) is 2.77. The van der Waals surface area contributed by atoms with E-state index >= 15 is 0 Å². The zero-order valence-electron chi connectivity index (χ0n) is 10.5. The monoisotopic (exact) mass is 265 g/mol. The van der Waals surface area contributed by atoms with Crippen molar-refractivity contribution in [1.82, 2.24) is 9.78 Å². The Morgan fingerprint density at radius 1 is 1.45 bits per heavy atom. The Morgan fingerprint density at radius 2 is 2.20 bits per heavy atom. The van der Waals surface area contributed by atoms with Crippen LogP contribution in [0.5, 0.6) is 0 Å². The summed E-state index contributed by atoms with van der Waals surface area (Å²) in [5.74, 6) is 0.319. The first-order valence-electron chi connectivity index (χ1n) is 5.77. The van der Waals surface area contributed by atoms with Gasteiger partial charge in [0.15, 0.2) is 0 Å². The van der Waals surface area contributed by atoms with E-state index in [1.807, 2.05) is 36.4 Å². The van der Waals surface area contributed by atoms with Crippen LogP contribution in [0.1, 0.15) is 11.1 Å². The van der Waals surface area contributed by atoms with Crippen molar-refractivity contribution >= 4 is 11.9 Å². The van der Waals surface area contributed by atoms with Crippen molar-refractivity contribution in [2.75, 3.05) is 12.3 Å². The lowest BCUT2D eigenvalue weighted by Gasteiger charge is -2.04. The van der Waals surface area contributed by atoms with Crippen LogP contribution >= 0.6 is 0 Å². The summed E-state index contributed by atoms with van der Waals surface area (Å²) in [4.78, 5) is 2.66. The maximum Gasteiger partial charge on any atom is 0.145 e. The summed E-state index contributed by atoms with van der Waals surface area (Å²) in [7, 11) is 0. The lowest BCUT2D eigenvalue weighted by atomic mass is 10.2. The molecule has 0 radical (unpaired) electrons. The minimum Gasteiger partial charge on any atom is -0.382 e. The molecule has 0 unspecified atom stereocenters. The Bertz CT molecular complexity index is 712. The number of nitrogens with zero attached hydrogens (tertiary/aromatic N) is 6. The predicted octanol–water partition coefficient (Wildman–Crippen LogP) is 2.65. The van der Waals surface area contributed by atoms with Crippen molar-refractivity contribution in [3.63, 3.8) is 0 Å². The fourth-order valence-corrected chi connectivity index (χ4v) is 1.65. The minimum atomic E-state index is 0.315. The third-order valence-electron chi connectivity index (χ3n) is 2.63. The van der Waals surface area contributed by atoms with Gasteiger partial charge in [0.1, 0.15) is 17.5 Å². The molecule has 0 fully saturated rings. The third-order valence-corrected chi connectivity index (χ3v) is 2.63. The lowest BCUT2D eigenvalue weighted by molar-refractivity contribution is 0.891. The molecule has 2 N–H and O–H groups in total. The zero-order chi connectivity index (χ0) is 14.4. The van der Waals surface area contributed by atoms with Crippen molar-refractivity contribution in [3.05, 3.63) is 58.1 Å². The lowest BCUT2D eigenvalue weighted by Crippen LogP contribution is -2.02. The largest absolute Gasteiger partial charge is 0.382 e. The Morgan fingerprint density at radius 3 is 2.80 bits per heavy atom. The normalized spacial score (nSPS) is 10.2. The van der Waals surface area contributed by atoms with Gasteiger partial charge in [0.05, 0.1) is 11.9 Å². The molecule has 0 aliphatic carbocycles. The van der Waals surface area contributed by atoms with Crippen LogP contribution in [0.2, 0.25) is 0 Å². The first-order valence-corrected chi connectivity index (χ1v) is 5.77. The smallest absolute Gasteiger partial charge is 0.145 e. The number of azide groups is 1. The number of rotatable bonds is 4. The topological polar surface area (TPSA) is 116 Å². The van der Waals surface area contributed by atoms with Gasteiger partial charge in [-0.3, -0.25) is 0 Å². The molecular formula is C13H11N7. The molecule has 7 nitrogen and oxygen atoms in total. The predicted molar refractivity (Wildman–Crippen MR) is 75.7 cm³/mol. The van der Waals surface area contributed by atoms with Gasteiger partial charge < -0.3 is 5.73 Å². The van der Waals surface area contributed by atoms with Crippen LogP contribution in [0.3, 0.4) is 0 Å². The molecule has 0 saturated carbocycles. The van der Waals surface area contributed by atoms with Gasteiger partial charge in [0.25, 0.3) is 0 Å². The van der Waals surface area contributed by atoms with Crippen LogP contribution < -0.4 is 5.73 Å². The second kappa shape index (κ2) is 6.09. The second-order valence-corrected chi connectivity index (χ2v) is 3.87. The van der Waals surface area contributed by atoms with Crippen molar-refractivity contribution in [2.24, 2.45) is 5.11 Å². The van der Waals surface area contributed by atoms with E-state index in [0.717, 1.165) is 11.3 Å². The summed E-state index contributed by atoms with van der Waals surface area (Å²) in [5.41, 5.74) is 16.1. The molecule has 2 rings (SSSR count). The van der Waals surface area contributed by atoms with E-state index in [4.69, 9.17) is 16.5 Å². The first kappa shape index (κ1) is 13.2. The highest BCUT2D eigenvalue weighted by molar-refractivity contribution is 5.55. The van der Waals surface area contributed by atoms with E-state index in [1.54, 1.807) is 6.08 Å². The van der Waals surface area contributed by atoms with Crippen LogP contribution in [0, 0.1) is 11.3 Å². The van der Waals surface area contributed by atoms with Gasteiger partial charge in [0.2, 0.25) is 0 Å². The molecule has 0 bridgehead atoms. The molecule has 1 aromatic heterocycles. The molecule has 1 aromatic carbocycles. The number of nitrogen functional groups attached to an aromatic ring is 1. The molecule has 0 saturated heterocycles. The maximum absolute atomic E-state index is 8.84. The number of nitriles is 1. The fraction of sp³-hybridized carbons (Fsp3) is 0.0769. The molecule has 1 heterocycles. The fourth-order valence-electron chi connectivity index (χ4n) is 1.65. The van der Waals surface area contributed by atoms with Gasteiger partial charge in [-0.1, -0.05) is 29.4 Å². The Balaban J connectivity index is 2.20. The zero-order valence-corrected chi connectivity index (χ0v) is 10.5. The van der Waals surface area contributed by atoms with Crippen LogP contribution in [0.25, 0.3) is 22.2 Å². The van der Waals surface area contributed by atoms with E-state index < -0.39 is 0 Å². The molecular weight excluding hydrogens is 254 g/mol. The van der Waals surface area contributed by atoms with E-state index in [2.05, 4.69) is 15.1 Å². The number of anilines is 1. The molecule has 98 valence electrons. The highest BCUT2D eigenvalue weighted by Crippen LogP contribution is 2.17. The number of hydrogen-bond donors (Lipinski definition) is 1. The first-order chi connectivity index (χ1) is 9.76. The molecule has 7 heteroatoms. The number of hydrogen-bond acceptors (Lipinski definition) is 4. The molecule has 20 heavy (non-hydrogen) atoms. The van der Waals surface area contributed by atoms with Crippen LogP contribution in [-0.4, -0.2) is 16.3 Å². The maximum atomic E-state index is 8.84. The Kier molecular flexibility index (Phi) is 4.02. The van der Waals surface area contributed by atoms with Gasteiger partial charge in [-0.15, -0.1) is 0 Å². The van der Waals surface area contributed by atoms with Crippen molar-refractivity contribution in [1.29, 1.82) is 5.26 Å². The van der Waals surface area contributed by atoms with Gasteiger partial charge in [-0.25, -0.2) is 4.68 Å². The van der Waals surface area contributed by atoms with Crippen molar-refractivity contribution in [3.8, 4) is 11.8 Å². The Hall–Kier alpha value is -3.23. The molecule has 0 spiro atoms. The summed E-state index contributed by atoms with van der Waals surface area (Å²) in [5, 5.41) is 16.3. The molecule has 0 aliphatic rings. The SMILES string of the molecule is N#Cc1cnn(-c2ccc(C=CCN=[N+]=[N-])cc2)c1N. The number of benzene rings is 1. The number of aromatic nitrogens is 2. The van der Waals surface area contributed by atoms with Crippen molar-refractivity contribution < 1.29 is 0 Å². The van der Waals surface area contributed by atoms with E-state index in [1.165, 1.54) is 10.9 Å². The average molecular weight is 265 g/mol. The van der Waals surface area contributed by atoms with Crippen molar-refractivity contribution in [2.45, 2.75) is 0 Å². The second-order valence-electron chi connectivity index (χ2n) is 3.87. The minimum absolute atomic E-state index is 0.315.